The highest BCUT2D eigenvalue weighted by Crippen LogP contribution is 2.49. The molecule has 2 fully saturated rings. The monoisotopic (exact) mass is 409 g/mol. The number of nitrogens with zero attached hydrogens (tertiary/aromatic N) is 1. The second-order valence-electron chi connectivity index (χ2n) is 8.45. The summed E-state index contributed by atoms with van der Waals surface area (Å²) in [5, 5.41) is 15.4. The van der Waals surface area contributed by atoms with Crippen LogP contribution in [0, 0.1) is 29.1 Å². The highest BCUT2D eigenvalue weighted by molar-refractivity contribution is 6.09. The van der Waals surface area contributed by atoms with E-state index in [1.54, 1.807) is 24.3 Å². The van der Waals surface area contributed by atoms with Gasteiger partial charge in [0.05, 0.1) is 17.9 Å². The first-order chi connectivity index (χ1) is 14.5. The molecule has 0 heterocycles. The van der Waals surface area contributed by atoms with Crippen LogP contribution in [0.2, 0.25) is 0 Å². The number of amides is 1. The first-order valence-electron chi connectivity index (χ1n) is 11.0. The van der Waals surface area contributed by atoms with E-state index in [2.05, 4.69) is 17.6 Å². The molecule has 2 N–H and O–H groups in total. The summed E-state index contributed by atoms with van der Waals surface area (Å²) in [6.45, 7) is 4.48. The molecule has 0 spiro atoms. The van der Waals surface area contributed by atoms with E-state index in [9.17, 15) is 14.9 Å². The Morgan fingerprint density at radius 3 is 2.77 bits per heavy atom. The van der Waals surface area contributed by atoms with Gasteiger partial charge in [-0.3, -0.25) is 4.79 Å². The van der Waals surface area contributed by atoms with Crippen molar-refractivity contribution in [3.8, 4) is 6.07 Å². The number of carbonyl (C=O) groups is 2. The number of carbonyl (C=O) groups excluding carboxylic acids is 2. The maximum atomic E-state index is 12.6. The van der Waals surface area contributed by atoms with Crippen molar-refractivity contribution in [1.82, 2.24) is 5.32 Å². The van der Waals surface area contributed by atoms with Crippen LogP contribution in [-0.4, -0.2) is 24.5 Å². The molecule has 4 atom stereocenters. The molecule has 1 amide bonds. The molecule has 2 saturated carbocycles. The summed E-state index contributed by atoms with van der Waals surface area (Å²) in [6.07, 6.45) is 8.40. The topological polar surface area (TPSA) is 91.2 Å². The number of anilines is 1. The lowest BCUT2D eigenvalue weighted by Crippen LogP contribution is -2.34. The lowest BCUT2D eigenvalue weighted by molar-refractivity contribution is -0.112. The van der Waals surface area contributed by atoms with Gasteiger partial charge < -0.3 is 15.4 Å². The number of unbranched alkanes of at least 4 members (excludes halogenated alkanes) is 1. The van der Waals surface area contributed by atoms with E-state index in [4.69, 9.17) is 4.74 Å². The number of fused-ring (bicyclic) bond motifs is 2. The molecule has 0 aromatic heterocycles. The minimum atomic E-state index is -0.543. The van der Waals surface area contributed by atoms with Gasteiger partial charge in [0.2, 0.25) is 0 Å². The Bertz CT molecular complexity index is 842. The van der Waals surface area contributed by atoms with Crippen molar-refractivity contribution >= 4 is 17.6 Å². The second-order valence-corrected chi connectivity index (χ2v) is 8.45. The summed E-state index contributed by atoms with van der Waals surface area (Å²) >= 11 is 0. The third-order valence-electron chi connectivity index (χ3n) is 6.42. The highest BCUT2D eigenvalue weighted by atomic mass is 16.5. The van der Waals surface area contributed by atoms with Gasteiger partial charge in [-0.05, 0) is 62.5 Å². The molecule has 1 aromatic rings. The predicted octanol–water partition coefficient (Wildman–Crippen LogP) is 4.40. The van der Waals surface area contributed by atoms with Crippen molar-refractivity contribution in [2.24, 2.45) is 17.8 Å². The van der Waals surface area contributed by atoms with Crippen molar-refractivity contribution in [3.05, 3.63) is 41.6 Å². The number of hydrogen-bond acceptors (Lipinski definition) is 5. The standard InChI is InChI=1S/C24H31N3O3/c1-3-4-11-30-24(29)20-7-5-6-8-22(20)27-23(28)19(14-25)15-26-16(2)21-13-17-9-10-18(21)12-17/h5-8,15-18,21,26H,3-4,9-13H2,1-2H3,(H,27,28)/b19-15-. The maximum absolute atomic E-state index is 12.6. The van der Waals surface area contributed by atoms with Crippen LogP contribution in [0.3, 0.4) is 0 Å². The molecule has 1 aromatic carbocycles. The molecular formula is C24H31N3O3. The van der Waals surface area contributed by atoms with Crippen molar-refractivity contribution < 1.29 is 14.3 Å². The second kappa shape index (κ2) is 10.3. The zero-order valence-corrected chi connectivity index (χ0v) is 17.8. The van der Waals surface area contributed by atoms with E-state index in [0.29, 0.717) is 18.2 Å². The lowest BCUT2D eigenvalue weighted by Gasteiger charge is -2.28. The third kappa shape index (κ3) is 5.21. The summed E-state index contributed by atoms with van der Waals surface area (Å²) in [5.41, 5.74) is 0.605. The molecule has 0 saturated heterocycles. The number of hydrogen-bond donors (Lipinski definition) is 2. The van der Waals surface area contributed by atoms with E-state index < -0.39 is 11.9 Å². The largest absolute Gasteiger partial charge is 0.462 e. The van der Waals surface area contributed by atoms with Gasteiger partial charge in [0, 0.05) is 12.2 Å². The fraction of sp³-hybridized carbons (Fsp3) is 0.542. The van der Waals surface area contributed by atoms with Gasteiger partial charge in [0.25, 0.3) is 5.91 Å². The third-order valence-corrected chi connectivity index (χ3v) is 6.42. The normalized spacial score (nSPS) is 23.5. The Morgan fingerprint density at radius 2 is 2.10 bits per heavy atom. The molecule has 0 radical (unpaired) electrons. The molecule has 4 unspecified atom stereocenters. The van der Waals surface area contributed by atoms with Gasteiger partial charge in [0.15, 0.2) is 0 Å². The molecule has 2 aliphatic rings. The Morgan fingerprint density at radius 1 is 1.30 bits per heavy atom. The van der Waals surface area contributed by atoms with Crippen LogP contribution in [-0.2, 0) is 9.53 Å². The molecule has 2 aliphatic carbocycles. The number of esters is 1. The van der Waals surface area contributed by atoms with Gasteiger partial charge >= 0.3 is 5.97 Å². The van der Waals surface area contributed by atoms with Gasteiger partial charge in [-0.25, -0.2) is 4.79 Å². The first-order valence-corrected chi connectivity index (χ1v) is 11.0. The van der Waals surface area contributed by atoms with Crippen LogP contribution in [0.1, 0.15) is 62.7 Å². The highest BCUT2D eigenvalue weighted by Gasteiger charge is 2.41. The summed E-state index contributed by atoms with van der Waals surface area (Å²) in [5.74, 6) is 1.18. The number of nitriles is 1. The number of nitrogens with one attached hydrogen (secondary N) is 2. The van der Waals surface area contributed by atoms with Crippen LogP contribution in [0.4, 0.5) is 5.69 Å². The van der Waals surface area contributed by atoms with Gasteiger partial charge in [-0.1, -0.05) is 31.9 Å². The molecular weight excluding hydrogens is 378 g/mol. The summed E-state index contributed by atoms with van der Waals surface area (Å²) < 4.78 is 5.26. The van der Waals surface area contributed by atoms with Crippen molar-refractivity contribution in [1.29, 1.82) is 5.26 Å². The first kappa shape index (κ1) is 21.9. The van der Waals surface area contributed by atoms with E-state index in [1.807, 2.05) is 13.0 Å². The minimum absolute atomic E-state index is 0.0147. The van der Waals surface area contributed by atoms with E-state index >= 15 is 0 Å². The van der Waals surface area contributed by atoms with Crippen LogP contribution in [0.25, 0.3) is 0 Å². The average Bonchev–Trinajstić information content (AvgIpc) is 3.38. The zero-order chi connectivity index (χ0) is 21.5. The molecule has 30 heavy (non-hydrogen) atoms. The van der Waals surface area contributed by atoms with Crippen LogP contribution < -0.4 is 10.6 Å². The van der Waals surface area contributed by atoms with Gasteiger partial charge in [0.1, 0.15) is 11.6 Å². The molecule has 6 heteroatoms. The van der Waals surface area contributed by atoms with Crippen molar-refractivity contribution in [2.75, 3.05) is 11.9 Å². The van der Waals surface area contributed by atoms with E-state index in [0.717, 1.165) is 24.7 Å². The quantitative estimate of drug-likeness (QED) is 0.273. The molecule has 160 valence electrons. The zero-order valence-electron chi connectivity index (χ0n) is 17.8. The predicted molar refractivity (Wildman–Crippen MR) is 115 cm³/mol. The smallest absolute Gasteiger partial charge is 0.340 e. The molecule has 0 aliphatic heterocycles. The number of para-hydroxylation sites is 1. The summed E-state index contributed by atoms with van der Waals surface area (Å²) in [6, 6.07) is 8.86. The number of ether oxygens (including phenoxy) is 1. The summed E-state index contributed by atoms with van der Waals surface area (Å²) in [4.78, 5) is 25.0. The Hall–Kier alpha value is -2.81. The average molecular weight is 410 g/mol. The Labute approximate surface area is 178 Å². The molecule has 2 bridgehead atoms. The summed E-state index contributed by atoms with van der Waals surface area (Å²) in [7, 11) is 0. The molecule has 3 rings (SSSR count). The number of rotatable bonds is 9. The van der Waals surface area contributed by atoms with Crippen LogP contribution in [0.5, 0.6) is 0 Å². The van der Waals surface area contributed by atoms with Gasteiger partial charge in [-0.2, -0.15) is 5.26 Å². The lowest BCUT2D eigenvalue weighted by atomic mass is 9.84. The van der Waals surface area contributed by atoms with Crippen molar-refractivity contribution in [3.63, 3.8) is 0 Å². The fourth-order valence-electron chi connectivity index (χ4n) is 4.74. The minimum Gasteiger partial charge on any atom is -0.462 e. The van der Waals surface area contributed by atoms with Crippen LogP contribution in [0.15, 0.2) is 36.0 Å². The maximum Gasteiger partial charge on any atom is 0.340 e. The van der Waals surface area contributed by atoms with E-state index in [1.165, 1.54) is 31.9 Å². The number of benzene rings is 1. The SMILES string of the molecule is CCCCOC(=O)c1ccccc1NC(=O)/C(C#N)=C\NC(C)C1CC2CCC1C2. The fourth-order valence-corrected chi connectivity index (χ4v) is 4.74. The Balaban J connectivity index is 1.62. The van der Waals surface area contributed by atoms with Crippen LogP contribution >= 0.6 is 0 Å². The van der Waals surface area contributed by atoms with Crippen molar-refractivity contribution in [2.45, 2.75) is 58.4 Å². The molecule has 6 nitrogen and oxygen atoms in total. The van der Waals surface area contributed by atoms with Gasteiger partial charge in [-0.15, -0.1) is 0 Å². The van der Waals surface area contributed by atoms with E-state index in [-0.39, 0.29) is 17.2 Å². The Kier molecular flexibility index (Phi) is 7.51.